The van der Waals surface area contributed by atoms with Crippen molar-refractivity contribution in [2.24, 2.45) is 5.41 Å². The van der Waals surface area contributed by atoms with Crippen LogP contribution in [0.15, 0.2) is 54.6 Å². The summed E-state index contributed by atoms with van der Waals surface area (Å²) in [5.41, 5.74) is 1.20. The van der Waals surface area contributed by atoms with E-state index < -0.39 is 17.4 Å². The maximum atomic E-state index is 12.4. The van der Waals surface area contributed by atoms with Crippen molar-refractivity contribution in [3.8, 4) is 0 Å². The number of rotatable bonds is 9. The lowest BCUT2D eigenvalue weighted by molar-refractivity contribution is -0.0294. The fraction of sp³-hybridized carbons (Fsp3) is 0.391. The summed E-state index contributed by atoms with van der Waals surface area (Å²) in [5.74, 6) is -0.551. The lowest BCUT2D eigenvalue weighted by atomic mass is 9.88. The maximum absolute atomic E-state index is 12.4. The van der Waals surface area contributed by atoms with E-state index in [4.69, 9.17) is 9.47 Å². The van der Waals surface area contributed by atoms with Crippen molar-refractivity contribution < 1.29 is 24.2 Å². The summed E-state index contributed by atoms with van der Waals surface area (Å²) in [6.07, 6.45) is 0.491. The summed E-state index contributed by atoms with van der Waals surface area (Å²) in [6.45, 7) is 5.70. The third kappa shape index (κ3) is 5.67. The maximum Gasteiger partial charge on any atom is 0.338 e. The molecule has 0 aromatic heterocycles. The van der Waals surface area contributed by atoms with Crippen molar-refractivity contribution in [1.29, 1.82) is 0 Å². The number of esters is 2. The van der Waals surface area contributed by atoms with Gasteiger partial charge >= 0.3 is 11.9 Å². The minimum atomic E-state index is -0.835. The molecule has 1 atom stereocenters. The minimum absolute atomic E-state index is 0.0344. The van der Waals surface area contributed by atoms with Crippen molar-refractivity contribution in [2.45, 2.75) is 33.1 Å². The third-order valence-electron chi connectivity index (χ3n) is 4.93. The molecule has 28 heavy (non-hydrogen) atoms. The predicted molar refractivity (Wildman–Crippen MR) is 107 cm³/mol. The van der Waals surface area contributed by atoms with Crippen LogP contribution in [0.3, 0.4) is 0 Å². The van der Waals surface area contributed by atoms with Gasteiger partial charge in [-0.25, -0.2) is 9.59 Å². The van der Waals surface area contributed by atoms with E-state index in [9.17, 15) is 14.7 Å². The molecule has 0 heterocycles. The zero-order valence-electron chi connectivity index (χ0n) is 16.7. The number of hydrogen-bond donors (Lipinski definition) is 1. The highest BCUT2D eigenvalue weighted by Crippen LogP contribution is 2.24. The first kappa shape index (κ1) is 21.6. The van der Waals surface area contributed by atoms with Crippen LogP contribution in [0.4, 0.5) is 0 Å². The highest BCUT2D eigenvalue weighted by Gasteiger charge is 2.32. The average Bonchev–Trinajstić information content (AvgIpc) is 2.74. The summed E-state index contributed by atoms with van der Waals surface area (Å²) >= 11 is 0. The Labute approximate surface area is 166 Å². The molecule has 5 heteroatoms. The van der Waals surface area contributed by atoms with Gasteiger partial charge in [-0.3, -0.25) is 0 Å². The highest BCUT2D eigenvalue weighted by atomic mass is 16.5. The van der Waals surface area contributed by atoms with E-state index in [1.54, 1.807) is 36.4 Å². The number of aliphatic hydroxyl groups excluding tert-OH is 1. The molecule has 0 aliphatic rings. The van der Waals surface area contributed by atoms with Crippen LogP contribution in [0.1, 0.15) is 59.4 Å². The summed E-state index contributed by atoms with van der Waals surface area (Å²) in [7, 11) is 0. The zero-order valence-corrected chi connectivity index (χ0v) is 16.7. The number of ether oxygens (including phenoxy) is 2. The van der Waals surface area contributed by atoms with E-state index >= 15 is 0 Å². The van der Waals surface area contributed by atoms with Crippen LogP contribution >= 0.6 is 0 Å². The summed E-state index contributed by atoms with van der Waals surface area (Å²) in [5, 5.41) is 9.86. The normalized spacial score (nSPS) is 13.0. The van der Waals surface area contributed by atoms with Gasteiger partial charge in [-0.1, -0.05) is 51.1 Å². The van der Waals surface area contributed by atoms with Crippen LogP contribution in [0.5, 0.6) is 0 Å². The summed E-state index contributed by atoms with van der Waals surface area (Å²) in [6, 6.07) is 15.9. The molecule has 0 saturated heterocycles. The van der Waals surface area contributed by atoms with Gasteiger partial charge < -0.3 is 14.6 Å². The van der Waals surface area contributed by atoms with Crippen LogP contribution in [0.2, 0.25) is 0 Å². The second kappa shape index (κ2) is 10.0. The zero-order chi connectivity index (χ0) is 20.6. The van der Waals surface area contributed by atoms with Crippen molar-refractivity contribution >= 4 is 11.9 Å². The van der Waals surface area contributed by atoms with Gasteiger partial charge in [-0.15, -0.1) is 0 Å². The van der Waals surface area contributed by atoms with E-state index in [1.165, 1.54) is 0 Å². The molecule has 0 saturated carbocycles. The van der Waals surface area contributed by atoms with Crippen LogP contribution in [0.25, 0.3) is 0 Å². The molecule has 2 aromatic rings. The van der Waals surface area contributed by atoms with Gasteiger partial charge in [-0.05, 0) is 42.2 Å². The smallest absolute Gasteiger partial charge is 0.338 e. The molecule has 1 unspecified atom stereocenters. The van der Waals surface area contributed by atoms with Gasteiger partial charge in [0.05, 0.1) is 23.1 Å². The Morgan fingerprint density at radius 3 is 1.82 bits per heavy atom. The molecular formula is C23H28O5. The molecule has 5 nitrogen and oxygen atoms in total. The van der Waals surface area contributed by atoms with Crippen LogP contribution in [-0.2, 0) is 9.47 Å². The summed E-state index contributed by atoms with van der Waals surface area (Å²) in [4.78, 5) is 24.5. The quantitative estimate of drug-likeness (QED) is 0.656. The van der Waals surface area contributed by atoms with Gasteiger partial charge in [0.15, 0.2) is 0 Å². The topological polar surface area (TPSA) is 72.8 Å². The van der Waals surface area contributed by atoms with E-state index in [1.807, 2.05) is 25.1 Å². The minimum Gasteiger partial charge on any atom is -0.461 e. The lowest BCUT2D eigenvalue weighted by Crippen LogP contribution is -2.37. The van der Waals surface area contributed by atoms with Crippen molar-refractivity contribution in [1.82, 2.24) is 0 Å². The first-order chi connectivity index (χ1) is 13.4. The SMILES string of the molecule is CCC(CO)(COC(=O)c1ccccc1)COC(=O)c1ccc(C(C)C)cc1. The Bertz CT molecular complexity index is 761. The molecule has 2 aromatic carbocycles. The van der Waals surface area contributed by atoms with E-state index in [-0.39, 0.29) is 19.8 Å². The fourth-order valence-electron chi connectivity index (χ4n) is 2.63. The monoisotopic (exact) mass is 384 g/mol. The summed E-state index contributed by atoms with van der Waals surface area (Å²) < 4.78 is 10.8. The molecule has 0 spiro atoms. The predicted octanol–water partition coefficient (Wildman–Crippen LogP) is 4.21. The van der Waals surface area contributed by atoms with E-state index in [0.29, 0.717) is 23.5 Å². The number of benzene rings is 2. The number of aliphatic hydroxyl groups is 1. The molecule has 0 aliphatic carbocycles. The number of hydrogen-bond acceptors (Lipinski definition) is 5. The third-order valence-corrected chi connectivity index (χ3v) is 4.93. The fourth-order valence-corrected chi connectivity index (χ4v) is 2.63. The van der Waals surface area contributed by atoms with E-state index in [0.717, 1.165) is 5.56 Å². The van der Waals surface area contributed by atoms with Crippen molar-refractivity contribution in [2.75, 3.05) is 19.8 Å². The van der Waals surface area contributed by atoms with Gasteiger partial charge in [-0.2, -0.15) is 0 Å². The van der Waals surface area contributed by atoms with Gasteiger partial charge in [0.2, 0.25) is 0 Å². The van der Waals surface area contributed by atoms with Crippen LogP contribution in [-0.4, -0.2) is 36.9 Å². The standard InChI is InChI=1S/C23H28O5/c1-4-23(14-24,15-27-21(25)19-8-6-5-7-9-19)16-28-22(26)20-12-10-18(11-13-20)17(2)3/h5-13,17,24H,4,14-16H2,1-3H3. The van der Waals surface area contributed by atoms with Crippen molar-refractivity contribution in [3.05, 3.63) is 71.3 Å². The second-order valence-electron chi connectivity index (χ2n) is 7.31. The van der Waals surface area contributed by atoms with Gasteiger partial charge in [0.25, 0.3) is 0 Å². The Balaban J connectivity index is 1.96. The first-order valence-electron chi connectivity index (χ1n) is 9.51. The second-order valence-corrected chi connectivity index (χ2v) is 7.31. The Morgan fingerprint density at radius 2 is 1.39 bits per heavy atom. The Morgan fingerprint density at radius 1 is 0.893 bits per heavy atom. The molecule has 0 bridgehead atoms. The first-order valence-corrected chi connectivity index (χ1v) is 9.51. The average molecular weight is 384 g/mol. The number of carbonyl (C=O) groups is 2. The van der Waals surface area contributed by atoms with Crippen LogP contribution < -0.4 is 0 Å². The molecule has 0 radical (unpaired) electrons. The molecular weight excluding hydrogens is 356 g/mol. The Hall–Kier alpha value is -2.66. The lowest BCUT2D eigenvalue weighted by Gasteiger charge is -2.29. The van der Waals surface area contributed by atoms with Crippen molar-refractivity contribution in [3.63, 3.8) is 0 Å². The largest absolute Gasteiger partial charge is 0.461 e. The molecule has 0 fully saturated rings. The van der Waals surface area contributed by atoms with Crippen LogP contribution in [0, 0.1) is 5.41 Å². The molecule has 0 amide bonds. The van der Waals surface area contributed by atoms with Gasteiger partial charge in [0.1, 0.15) is 13.2 Å². The molecule has 2 rings (SSSR count). The number of carbonyl (C=O) groups excluding carboxylic acids is 2. The highest BCUT2D eigenvalue weighted by molar-refractivity contribution is 5.90. The molecule has 150 valence electrons. The Kier molecular flexibility index (Phi) is 7.76. The molecule has 1 N–H and O–H groups in total. The molecule has 0 aliphatic heterocycles. The van der Waals surface area contributed by atoms with E-state index in [2.05, 4.69) is 13.8 Å². The van der Waals surface area contributed by atoms with Gasteiger partial charge in [0, 0.05) is 0 Å².